The minimum absolute atomic E-state index is 0.0499. The van der Waals surface area contributed by atoms with Gasteiger partial charge in [0.05, 0.1) is 13.2 Å². The average molecular weight is 355 g/mol. The molecule has 0 N–H and O–H groups in total. The molecule has 0 aromatic heterocycles. The maximum atomic E-state index is 15.0. The van der Waals surface area contributed by atoms with E-state index in [0.29, 0.717) is 34.9 Å². The summed E-state index contributed by atoms with van der Waals surface area (Å²) in [6.07, 6.45) is 0. The van der Waals surface area contributed by atoms with Crippen molar-refractivity contribution in [1.29, 1.82) is 0 Å². The fraction of sp³-hybridized carbons (Fsp3) is 0.182. The van der Waals surface area contributed by atoms with Crippen molar-refractivity contribution < 1.29 is 9.13 Å². The van der Waals surface area contributed by atoms with Crippen LogP contribution < -0.4 is 0 Å². The van der Waals surface area contributed by atoms with Crippen LogP contribution in [0.3, 0.4) is 0 Å². The number of hydrogen-bond donors (Lipinski definition) is 0. The molecule has 3 heteroatoms. The summed E-state index contributed by atoms with van der Waals surface area (Å²) in [5.74, 6) is -0.280. The number of rotatable bonds is 6. The van der Waals surface area contributed by atoms with Crippen molar-refractivity contribution >= 4 is 11.6 Å². The summed E-state index contributed by atoms with van der Waals surface area (Å²) in [5, 5.41) is 0.548. The largest absolute Gasteiger partial charge is 0.376 e. The number of hydrogen-bond acceptors (Lipinski definition) is 1. The second-order valence-corrected chi connectivity index (χ2v) is 6.50. The number of halogens is 2. The fourth-order valence-electron chi connectivity index (χ4n) is 2.84. The van der Waals surface area contributed by atoms with Gasteiger partial charge in [-0.3, -0.25) is 0 Å². The predicted octanol–water partition coefficient (Wildman–Crippen LogP) is 6.47. The van der Waals surface area contributed by atoms with E-state index in [9.17, 15) is 0 Å². The molecule has 0 saturated heterocycles. The SMILES string of the molecule is CC(COCc1ccccc1)c1cccc(-c2ccccc2Cl)c1F. The van der Waals surface area contributed by atoms with Gasteiger partial charge in [-0.2, -0.15) is 0 Å². The molecule has 3 rings (SSSR count). The van der Waals surface area contributed by atoms with Gasteiger partial charge in [0.2, 0.25) is 0 Å². The molecular formula is C22H20ClFO. The van der Waals surface area contributed by atoms with Gasteiger partial charge in [0.15, 0.2) is 0 Å². The van der Waals surface area contributed by atoms with Gasteiger partial charge < -0.3 is 4.74 Å². The summed E-state index contributed by atoms with van der Waals surface area (Å²) in [6, 6.07) is 22.7. The van der Waals surface area contributed by atoms with Gasteiger partial charge in [-0.05, 0) is 17.2 Å². The topological polar surface area (TPSA) is 9.23 Å². The minimum atomic E-state index is -0.230. The first-order valence-corrected chi connectivity index (χ1v) is 8.69. The average Bonchev–Trinajstić information content (AvgIpc) is 2.63. The molecule has 0 bridgehead atoms. The molecular weight excluding hydrogens is 335 g/mol. The van der Waals surface area contributed by atoms with Crippen LogP contribution in [0.2, 0.25) is 5.02 Å². The quantitative estimate of drug-likeness (QED) is 0.493. The van der Waals surface area contributed by atoms with E-state index in [-0.39, 0.29) is 11.7 Å². The van der Waals surface area contributed by atoms with E-state index in [4.69, 9.17) is 16.3 Å². The van der Waals surface area contributed by atoms with Crippen LogP contribution in [-0.2, 0) is 11.3 Å². The highest BCUT2D eigenvalue weighted by molar-refractivity contribution is 6.33. The lowest BCUT2D eigenvalue weighted by Gasteiger charge is -2.16. The first kappa shape index (κ1) is 17.7. The minimum Gasteiger partial charge on any atom is -0.376 e. The first-order valence-electron chi connectivity index (χ1n) is 8.32. The second kappa shape index (κ2) is 8.28. The summed E-state index contributed by atoms with van der Waals surface area (Å²) in [6.45, 7) is 2.95. The monoisotopic (exact) mass is 354 g/mol. The van der Waals surface area contributed by atoms with Crippen molar-refractivity contribution in [2.45, 2.75) is 19.4 Å². The van der Waals surface area contributed by atoms with Gasteiger partial charge in [-0.1, -0.05) is 85.3 Å². The van der Waals surface area contributed by atoms with Crippen LogP contribution >= 0.6 is 11.6 Å². The van der Waals surface area contributed by atoms with E-state index in [1.54, 1.807) is 12.1 Å². The molecule has 0 radical (unpaired) electrons. The van der Waals surface area contributed by atoms with Gasteiger partial charge in [-0.25, -0.2) is 4.39 Å². The van der Waals surface area contributed by atoms with Crippen molar-refractivity contribution in [2.75, 3.05) is 6.61 Å². The third-order valence-electron chi connectivity index (χ3n) is 4.20. The van der Waals surface area contributed by atoms with Gasteiger partial charge in [0.1, 0.15) is 5.82 Å². The molecule has 0 aliphatic carbocycles. The van der Waals surface area contributed by atoms with Gasteiger partial charge in [0.25, 0.3) is 0 Å². The lowest BCUT2D eigenvalue weighted by molar-refractivity contribution is 0.109. The summed E-state index contributed by atoms with van der Waals surface area (Å²) >= 11 is 6.22. The third-order valence-corrected chi connectivity index (χ3v) is 4.53. The Kier molecular flexibility index (Phi) is 5.85. The van der Waals surface area contributed by atoms with Gasteiger partial charge in [0, 0.05) is 22.1 Å². The molecule has 0 saturated carbocycles. The van der Waals surface area contributed by atoms with Crippen molar-refractivity contribution in [3.63, 3.8) is 0 Å². The predicted molar refractivity (Wildman–Crippen MR) is 101 cm³/mol. The Bertz CT molecular complexity index is 832. The standard InChI is InChI=1S/C22H20ClFO/c1-16(14-25-15-17-8-3-2-4-9-17)18-11-7-12-20(22(18)24)19-10-5-6-13-21(19)23/h2-13,16H,14-15H2,1H3. The highest BCUT2D eigenvalue weighted by atomic mass is 35.5. The zero-order valence-corrected chi connectivity index (χ0v) is 14.8. The first-order chi connectivity index (χ1) is 12.2. The molecule has 3 aromatic carbocycles. The Hall–Kier alpha value is -2.16. The summed E-state index contributed by atoms with van der Waals surface area (Å²) < 4.78 is 20.8. The molecule has 0 amide bonds. The highest BCUT2D eigenvalue weighted by Gasteiger charge is 2.16. The molecule has 0 spiro atoms. The Morgan fingerprint density at radius 1 is 0.880 bits per heavy atom. The van der Waals surface area contributed by atoms with E-state index in [0.717, 1.165) is 5.56 Å². The van der Waals surface area contributed by atoms with Crippen LogP contribution in [0.4, 0.5) is 4.39 Å². The highest BCUT2D eigenvalue weighted by Crippen LogP contribution is 2.33. The smallest absolute Gasteiger partial charge is 0.134 e. The number of ether oxygens (including phenoxy) is 1. The van der Waals surface area contributed by atoms with Crippen molar-refractivity contribution in [2.24, 2.45) is 0 Å². The van der Waals surface area contributed by atoms with Crippen molar-refractivity contribution in [3.05, 3.63) is 94.8 Å². The van der Waals surface area contributed by atoms with Crippen LogP contribution in [0, 0.1) is 5.82 Å². The Balaban J connectivity index is 1.74. The Labute approximate surface area is 153 Å². The van der Waals surface area contributed by atoms with Crippen LogP contribution in [0.25, 0.3) is 11.1 Å². The molecule has 1 nitrogen and oxygen atoms in total. The zero-order valence-electron chi connectivity index (χ0n) is 14.1. The maximum absolute atomic E-state index is 15.0. The normalized spacial score (nSPS) is 12.1. The summed E-state index contributed by atoms with van der Waals surface area (Å²) in [5.41, 5.74) is 2.99. The third kappa shape index (κ3) is 4.28. The number of benzene rings is 3. The van der Waals surface area contributed by atoms with Gasteiger partial charge in [-0.15, -0.1) is 0 Å². The van der Waals surface area contributed by atoms with Crippen LogP contribution in [0.15, 0.2) is 72.8 Å². The molecule has 25 heavy (non-hydrogen) atoms. The molecule has 0 aliphatic rings. The van der Waals surface area contributed by atoms with E-state index in [2.05, 4.69) is 0 Å². The van der Waals surface area contributed by atoms with Gasteiger partial charge >= 0.3 is 0 Å². The van der Waals surface area contributed by atoms with Crippen molar-refractivity contribution in [3.8, 4) is 11.1 Å². The van der Waals surface area contributed by atoms with E-state index in [1.807, 2.05) is 67.6 Å². The molecule has 1 unspecified atom stereocenters. The Morgan fingerprint density at radius 2 is 1.56 bits per heavy atom. The molecule has 1 atom stereocenters. The Morgan fingerprint density at radius 3 is 2.32 bits per heavy atom. The van der Waals surface area contributed by atoms with Crippen LogP contribution in [-0.4, -0.2) is 6.61 Å². The van der Waals surface area contributed by atoms with Crippen LogP contribution in [0.5, 0.6) is 0 Å². The molecule has 0 heterocycles. The zero-order chi connectivity index (χ0) is 17.6. The van der Waals surface area contributed by atoms with E-state index >= 15 is 4.39 Å². The van der Waals surface area contributed by atoms with E-state index < -0.39 is 0 Å². The second-order valence-electron chi connectivity index (χ2n) is 6.09. The maximum Gasteiger partial charge on any atom is 0.134 e. The fourth-order valence-corrected chi connectivity index (χ4v) is 3.07. The molecule has 0 fully saturated rings. The summed E-state index contributed by atoms with van der Waals surface area (Å²) in [4.78, 5) is 0. The van der Waals surface area contributed by atoms with Crippen LogP contribution in [0.1, 0.15) is 24.0 Å². The lowest BCUT2D eigenvalue weighted by atomic mass is 9.95. The molecule has 128 valence electrons. The van der Waals surface area contributed by atoms with E-state index in [1.165, 1.54) is 0 Å². The summed E-state index contributed by atoms with van der Waals surface area (Å²) in [7, 11) is 0. The molecule has 0 aliphatic heterocycles. The molecule has 3 aromatic rings. The lowest BCUT2D eigenvalue weighted by Crippen LogP contribution is -2.07. The van der Waals surface area contributed by atoms with Crippen molar-refractivity contribution in [1.82, 2.24) is 0 Å².